The summed E-state index contributed by atoms with van der Waals surface area (Å²) in [5.74, 6) is 0.481. The van der Waals surface area contributed by atoms with Crippen LogP contribution in [0.25, 0.3) is 0 Å². The van der Waals surface area contributed by atoms with Crippen molar-refractivity contribution in [3.63, 3.8) is 0 Å². The first-order chi connectivity index (χ1) is 8.66. The summed E-state index contributed by atoms with van der Waals surface area (Å²) in [5, 5.41) is 3.15. The van der Waals surface area contributed by atoms with Crippen molar-refractivity contribution in [2.45, 2.75) is 52.0 Å². The predicted octanol–water partition coefficient (Wildman–Crippen LogP) is 3.75. The minimum absolute atomic E-state index is 0.111. The molecule has 1 aliphatic carbocycles. The van der Waals surface area contributed by atoms with E-state index < -0.39 is 0 Å². The van der Waals surface area contributed by atoms with E-state index in [1.54, 1.807) is 0 Å². The van der Waals surface area contributed by atoms with Gasteiger partial charge in [0, 0.05) is 5.92 Å². The average molecular weight is 245 g/mol. The Morgan fingerprint density at radius 3 is 2.39 bits per heavy atom. The lowest BCUT2D eigenvalue weighted by molar-refractivity contribution is -0.126. The summed E-state index contributed by atoms with van der Waals surface area (Å²) in [7, 11) is 0. The Morgan fingerprint density at radius 1 is 1.17 bits per heavy atom. The van der Waals surface area contributed by atoms with Crippen molar-refractivity contribution < 1.29 is 4.79 Å². The van der Waals surface area contributed by atoms with Crippen LogP contribution >= 0.6 is 0 Å². The molecule has 18 heavy (non-hydrogen) atoms. The third-order valence-electron chi connectivity index (χ3n) is 3.91. The molecule has 0 aromatic heterocycles. The van der Waals surface area contributed by atoms with Crippen molar-refractivity contribution in [1.29, 1.82) is 0 Å². The highest BCUT2D eigenvalue weighted by atomic mass is 16.1. The highest BCUT2D eigenvalue weighted by molar-refractivity contribution is 5.79. The summed E-state index contributed by atoms with van der Waals surface area (Å²) in [6.45, 7) is 4.14. The number of nitrogens with one attached hydrogen (secondary N) is 1. The van der Waals surface area contributed by atoms with Crippen LogP contribution in [0.1, 0.15) is 56.2 Å². The Labute approximate surface area is 110 Å². The fourth-order valence-corrected chi connectivity index (χ4v) is 2.63. The van der Waals surface area contributed by atoms with Crippen LogP contribution < -0.4 is 5.32 Å². The average Bonchev–Trinajstić information content (AvgIpc) is 2.40. The van der Waals surface area contributed by atoms with Crippen LogP contribution in [0, 0.1) is 12.8 Å². The van der Waals surface area contributed by atoms with Gasteiger partial charge in [-0.05, 0) is 32.3 Å². The fraction of sp³-hybridized carbons (Fsp3) is 0.562. The zero-order valence-corrected chi connectivity index (χ0v) is 11.4. The summed E-state index contributed by atoms with van der Waals surface area (Å²) in [4.78, 5) is 12.1. The van der Waals surface area contributed by atoms with Gasteiger partial charge in [-0.3, -0.25) is 4.79 Å². The Bertz CT molecular complexity index is 390. The smallest absolute Gasteiger partial charge is 0.223 e. The molecule has 1 aromatic carbocycles. The van der Waals surface area contributed by atoms with Crippen LogP contribution in [-0.2, 0) is 4.79 Å². The van der Waals surface area contributed by atoms with E-state index in [1.807, 2.05) is 0 Å². The highest BCUT2D eigenvalue weighted by Gasteiger charge is 2.22. The van der Waals surface area contributed by atoms with Crippen LogP contribution in [0.2, 0.25) is 0 Å². The quantitative estimate of drug-likeness (QED) is 0.863. The second-order valence-corrected chi connectivity index (χ2v) is 5.48. The minimum atomic E-state index is 0.111. The van der Waals surface area contributed by atoms with Gasteiger partial charge in [0.05, 0.1) is 6.04 Å². The molecular weight excluding hydrogens is 222 g/mol. The van der Waals surface area contributed by atoms with Gasteiger partial charge in [0.1, 0.15) is 0 Å². The molecule has 1 aromatic rings. The Hall–Kier alpha value is -1.31. The fourth-order valence-electron chi connectivity index (χ4n) is 2.63. The van der Waals surface area contributed by atoms with Crippen LogP contribution in [0.3, 0.4) is 0 Å². The van der Waals surface area contributed by atoms with Gasteiger partial charge in [0.15, 0.2) is 0 Å². The van der Waals surface area contributed by atoms with E-state index in [0.717, 1.165) is 12.8 Å². The minimum Gasteiger partial charge on any atom is -0.349 e. The lowest BCUT2D eigenvalue weighted by Gasteiger charge is -2.23. The van der Waals surface area contributed by atoms with E-state index in [1.165, 1.54) is 30.4 Å². The van der Waals surface area contributed by atoms with Crippen LogP contribution in [-0.4, -0.2) is 5.91 Å². The number of carbonyl (C=O) groups is 1. The first-order valence-electron chi connectivity index (χ1n) is 7.04. The molecule has 2 rings (SSSR count). The zero-order chi connectivity index (χ0) is 13.0. The van der Waals surface area contributed by atoms with E-state index in [9.17, 15) is 4.79 Å². The summed E-state index contributed by atoms with van der Waals surface area (Å²) < 4.78 is 0. The molecule has 1 fully saturated rings. The van der Waals surface area contributed by atoms with Crippen LogP contribution in [0.15, 0.2) is 24.3 Å². The van der Waals surface area contributed by atoms with Gasteiger partial charge in [-0.25, -0.2) is 0 Å². The van der Waals surface area contributed by atoms with Crippen molar-refractivity contribution in [3.05, 3.63) is 35.4 Å². The predicted molar refractivity (Wildman–Crippen MR) is 74.3 cm³/mol. The Balaban J connectivity index is 1.91. The monoisotopic (exact) mass is 245 g/mol. The van der Waals surface area contributed by atoms with Crippen molar-refractivity contribution >= 4 is 5.91 Å². The number of hydrogen-bond donors (Lipinski definition) is 1. The van der Waals surface area contributed by atoms with E-state index in [2.05, 4.69) is 43.4 Å². The SMILES string of the molecule is Cc1ccc(C(C)NC(=O)C2CCCCC2)cc1. The topological polar surface area (TPSA) is 29.1 Å². The maximum atomic E-state index is 12.1. The summed E-state index contributed by atoms with van der Waals surface area (Å²) in [6.07, 6.45) is 5.82. The molecule has 0 bridgehead atoms. The van der Waals surface area contributed by atoms with E-state index in [0.29, 0.717) is 0 Å². The third-order valence-corrected chi connectivity index (χ3v) is 3.91. The molecule has 0 heterocycles. The second-order valence-electron chi connectivity index (χ2n) is 5.48. The molecular formula is C16H23NO. The maximum absolute atomic E-state index is 12.1. The lowest BCUT2D eigenvalue weighted by Crippen LogP contribution is -2.33. The molecule has 0 saturated heterocycles. The molecule has 1 amide bonds. The number of amides is 1. The number of aryl methyl sites for hydroxylation is 1. The molecule has 1 unspecified atom stereocenters. The molecule has 2 nitrogen and oxygen atoms in total. The number of rotatable bonds is 3. The number of benzene rings is 1. The van der Waals surface area contributed by atoms with Gasteiger partial charge >= 0.3 is 0 Å². The molecule has 0 spiro atoms. The highest BCUT2D eigenvalue weighted by Crippen LogP contribution is 2.24. The van der Waals surface area contributed by atoms with Crippen molar-refractivity contribution in [2.24, 2.45) is 5.92 Å². The summed E-state index contributed by atoms with van der Waals surface area (Å²) >= 11 is 0. The lowest BCUT2D eigenvalue weighted by atomic mass is 9.88. The maximum Gasteiger partial charge on any atom is 0.223 e. The summed E-state index contributed by atoms with van der Waals surface area (Å²) in [6, 6.07) is 8.50. The standard InChI is InChI=1S/C16H23NO/c1-12-8-10-14(11-9-12)13(2)17-16(18)15-6-4-3-5-7-15/h8-11,13,15H,3-7H2,1-2H3,(H,17,18). The van der Waals surface area contributed by atoms with Gasteiger partial charge in [-0.15, -0.1) is 0 Å². The number of carbonyl (C=O) groups excluding carboxylic acids is 1. The number of hydrogen-bond acceptors (Lipinski definition) is 1. The molecule has 0 aliphatic heterocycles. The Kier molecular flexibility index (Phi) is 4.40. The zero-order valence-electron chi connectivity index (χ0n) is 11.4. The first kappa shape index (κ1) is 13.1. The van der Waals surface area contributed by atoms with E-state index >= 15 is 0 Å². The molecule has 1 N–H and O–H groups in total. The van der Waals surface area contributed by atoms with Crippen LogP contribution in [0.4, 0.5) is 0 Å². The van der Waals surface area contributed by atoms with Crippen molar-refractivity contribution in [1.82, 2.24) is 5.32 Å². The first-order valence-corrected chi connectivity index (χ1v) is 7.04. The Morgan fingerprint density at radius 2 is 1.78 bits per heavy atom. The van der Waals surface area contributed by atoms with Crippen molar-refractivity contribution in [3.8, 4) is 0 Å². The molecule has 1 saturated carbocycles. The largest absolute Gasteiger partial charge is 0.349 e. The van der Waals surface area contributed by atoms with E-state index in [4.69, 9.17) is 0 Å². The van der Waals surface area contributed by atoms with Gasteiger partial charge in [0.2, 0.25) is 5.91 Å². The van der Waals surface area contributed by atoms with Crippen LogP contribution in [0.5, 0.6) is 0 Å². The molecule has 2 heteroatoms. The van der Waals surface area contributed by atoms with Gasteiger partial charge in [-0.1, -0.05) is 49.1 Å². The molecule has 1 atom stereocenters. The van der Waals surface area contributed by atoms with E-state index in [-0.39, 0.29) is 17.9 Å². The normalized spacial score (nSPS) is 18.3. The van der Waals surface area contributed by atoms with Gasteiger partial charge in [-0.2, -0.15) is 0 Å². The second kappa shape index (κ2) is 6.03. The molecule has 1 aliphatic rings. The summed E-state index contributed by atoms with van der Waals surface area (Å²) in [5.41, 5.74) is 2.44. The third kappa shape index (κ3) is 3.34. The van der Waals surface area contributed by atoms with Gasteiger partial charge in [0.25, 0.3) is 0 Å². The van der Waals surface area contributed by atoms with Gasteiger partial charge < -0.3 is 5.32 Å². The molecule has 0 radical (unpaired) electrons. The van der Waals surface area contributed by atoms with Crippen molar-refractivity contribution in [2.75, 3.05) is 0 Å². The molecule has 98 valence electrons.